The summed E-state index contributed by atoms with van der Waals surface area (Å²) in [6, 6.07) is 14.3. The molecule has 1 fully saturated rings. The topological polar surface area (TPSA) is 41.6 Å². The van der Waals surface area contributed by atoms with Gasteiger partial charge in [-0.25, -0.2) is 4.39 Å². The molecule has 5 heteroatoms. The lowest BCUT2D eigenvalue weighted by atomic mass is 9.93. The molecule has 0 bridgehead atoms. The SMILES string of the molecule is COc1ccccc1NC(=O)C1CCN([C@@H](C)c2ccccc2F)CC1. The van der Waals surface area contributed by atoms with Gasteiger partial charge in [0.1, 0.15) is 11.6 Å². The molecule has 138 valence electrons. The number of nitrogens with one attached hydrogen (secondary N) is 1. The quantitative estimate of drug-likeness (QED) is 0.871. The summed E-state index contributed by atoms with van der Waals surface area (Å²) >= 11 is 0. The molecule has 0 unspecified atom stereocenters. The number of carbonyl (C=O) groups is 1. The molecule has 2 aromatic rings. The Hall–Kier alpha value is -2.40. The van der Waals surface area contributed by atoms with Crippen LogP contribution in [0.3, 0.4) is 0 Å². The molecule has 2 aromatic carbocycles. The van der Waals surface area contributed by atoms with Gasteiger partial charge in [-0.1, -0.05) is 30.3 Å². The number of rotatable bonds is 5. The fraction of sp³-hybridized carbons (Fsp3) is 0.381. The number of halogens is 1. The van der Waals surface area contributed by atoms with Gasteiger partial charge >= 0.3 is 0 Å². The van der Waals surface area contributed by atoms with Gasteiger partial charge in [-0.15, -0.1) is 0 Å². The van der Waals surface area contributed by atoms with E-state index >= 15 is 0 Å². The predicted octanol–water partition coefficient (Wildman–Crippen LogP) is 4.25. The zero-order chi connectivity index (χ0) is 18.5. The van der Waals surface area contributed by atoms with Crippen LogP contribution in [0.25, 0.3) is 0 Å². The first-order valence-electron chi connectivity index (χ1n) is 9.02. The molecule has 1 heterocycles. The number of carbonyl (C=O) groups excluding carboxylic acids is 1. The van der Waals surface area contributed by atoms with Crippen molar-refractivity contribution in [3.05, 3.63) is 59.9 Å². The molecule has 1 N–H and O–H groups in total. The van der Waals surface area contributed by atoms with Crippen molar-refractivity contribution in [2.75, 3.05) is 25.5 Å². The first-order valence-corrected chi connectivity index (χ1v) is 9.02. The minimum absolute atomic E-state index is 0.00873. The lowest BCUT2D eigenvalue weighted by molar-refractivity contribution is -0.121. The largest absolute Gasteiger partial charge is 0.495 e. The van der Waals surface area contributed by atoms with Crippen LogP contribution in [0, 0.1) is 11.7 Å². The Morgan fingerprint density at radius 1 is 1.15 bits per heavy atom. The number of anilines is 1. The molecule has 3 rings (SSSR count). The third kappa shape index (κ3) is 4.05. The number of benzene rings is 2. The van der Waals surface area contributed by atoms with Crippen LogP contribution in [0.1, 0.15) is 31.4 Å². The van der Waals surface area contributed by atoms with Gasteiger partial charge in [-0.3, -0.25) is 9.69 Å². The van der Waals surface area contributed by atoms with Crippen molar-refractivity contribution in [2.24, 2.45) is 5.92 Å². The van der Waals surface area contributed by atoms with Crippen LogP contribution in [-0.2, 0) is 4.79 Å². The molecule has 1 aliphatic rings. The Labute approximate surface area is 154 Å². The summed E-state index contributed by atoms with van der Waals surface area (Å²) in [6.45, 7) is 3.58. The molecule has 1 aliphatic heterocycles. The minimum Gasteiger partial charge on any atom is -0.495 e. The van der Waals surface area contributed by atoms with Gasteiger partial charge in [-0.2, -0.15) is 0 Å². The second-order valence-electron chi connectivity index (χ2n) is 6.70. The fourth-order valence-corrected chi connectivity index (χ4v) is 3.54. The smallest absolute Gasteiger partial charge is 0.227 e. The summed E-state index contributed by atoms with van der Waals surface area (Å²) in [6.07, 6.45) is 1.53. The Balaban J connectivity index is 1.58. The van der Waals surface area contributed by atoms with Crippen LogP contribution in [0.15, 0.2) is 48.5 Å². The maximum Gasteiger partial charge on any atom is 0.227 e. The first kappa shape index (κ1) is 18.4. The number of piperidine rings is 1. The number of methoxy groups -OCH3 is 1. The van der Waals surface area contributed by atoms with Gasteiger partial charge in [0.05, 0.1) is 12.8 Å². The van der Waals surface area contributed by atoms with E-state index in [2.05, 4.69) is 10.2 Å². The summed E-state index contributed by atoms with van der Waals surface area (Å²) in [4.78, 5) is 14.8. The number of hydrogen-bond acceptors (Lipinski definition) is 3. The van der Waals surface area contributed by atoms with Crippen LogP contribution >= 0.6 is 0 Å². The summed E-state index contributed by atoms with van der Waals surface area (Å²) in [7, 11) is 1.59. The van der Waals surface area contributed by atoms with E-state index in [-0.39, 0.29) is 23.7 Å². The Morgan fingerprint density at radius 3 is 2.50 bits per heavy atom. The van der Waals surface area contributed by atoms with Gasteiger partial charge in [0.2, 0.25) is 5.91 Å². The summed E-state index contributed by atoms with van der Waals surface area (Å²) in [5, 5.41) is 2.97. The monoisotopic (exact) mass is 356 g/mol. The molecular weight excluding hydrogens is 331 g/mol. The number of para-hydroxylation sites is 2. The highest BCUT2D eigenvalue weighted by Gasteiger charge is 2.28. The Morgan fingerprint density at radius 2 is 1.81 bits per heavy atom. The number of ether oxygens (including phenoxy) is 1. The van der Waals surface area contributed by atoms with Crippen molar-refractivity contribution >= 4 is 11.6 Å². The summed E-state index contributed by atoms with van der Waals surface area (Å²) < 4.78 is 19.3. The molecule has 4 nitrogen and oxygen atoms in total. The van der Waals surface area contributed by atoms with Crippen molar-refractivity contribution in [2.45, 2.75) is 25.8 Å². The first-order chi connectivity index (χ1) is 12.6. The van der Waals surface area contributed by atoms with Crippen LogP contribution < -0.4 is 10.1 Å². The van der Waals surface area contributed by atoms with Gasteiger partial charge in [0.25, 0.3) is 0 Å². The molecule has 0 saturated carbocycles. The Kier molecular flexibility index (Phi) is 5.89. The van der Waals surface area contributed by atoms with E-state index in [1.807, 2.05) is 43.3 Å². The van der Waals surface area contributed by atoms with Crippen molar-refractivity contribution in [1.29, 1.82) is 0 Å². The lowest BCUT2D eigenvalue weighted by Crippen LogP contribution is -2.39. The predicted molar refractivity (Wildman–Crippen MR) is 101 cm³/mol. The van der Waals surface area contributed by atoms with Gasteiger partial charge in [0.15, 0.2) is 0 Å². The van der Waals surface area contributed by atoms with Crippen LogP contribution in [0.4, 0.5) is 10.1 Å². The molecule has 1 amide bonds. The van der Waals surface area contributed by atoms with E-state index in [9.17, 15) is 9.18 Å². The zero-order valence-corrected chi connectivity index (χ0v) is 15.2. The zero-order valence-electron chi connectivity index (χ0n) is 15.2. The average Bonchev–Trinajstić information content (AvgIpc) is 2.68. The summed E-state index contributed by atoms with van der Waals surface area (Å²) in [5.41, 5.74) is 1.41. The number of hydrogen-bond donors (Lipinski definition) is 1. The molecule has 0 radical (unpaired) electrons. The second kappa shape index (κ2) is 8.32. The average molecular weight is 356 g/mol. The lowest BCUT2D eigenvalue weighted by Gasteiger charge is -2.35. The Bertz CT molecular complexity index is 757. The van der Waals surface area contributed by atoms with Gasteiger partial charge in [-0.05, 0) is 51.1 Å². The van der Waals surface area contributed by atoms with Crippen LogP contribution in [0.5, 0.6) is 5.75 Å². The molecule has 1 saturated heterocycles. The maximum atomic E-state index is 14.0. The van der Waals surface area contributed by atoms with E-state index in [0.29, 0.717) is 17.0 Å². The van der Waals surface area contributed by atoms with Crippen LogP contribution in [0.2, 0.25) is 0 Å². The highest BCUT2D eigenvalue weighted by molar-refractivity contribution is 5.94. The molecule has 1 atom stereocenters. The maximum absolute atomic E-state index is 14.0. The minimum atomic E-state index is -0.170. The summed E-state index contributed by atoms with van der Waals surface area (Å²) in [5.74, 6) is 0.471. The van der Waals surface area contributed by atoms with E-state index in [1.165, 1.54) is 6.07 Å². The molecular formula is C21H25FN2O2. The molecule has 0 aliphatic carbocycles. The van der Waals surface area contributed by atoms with Crippen molar-refractivity contribution in [3.8, 4) is 5.75 Å². The normalized spacial score (nSPS) is 16.9. The third-order valence-electron chi connectivity index (χ3n) is 5.17. The number of amides is 1. The van der Waals surface area contributed by atoms with E-state index < -0.39 is 0 Å². The molecule has 0 aromatic heterocycles. The standard InChI is InChI=1S/C21H25FN2O2/c1-15(17-7-3-4-8-18(17)22)24-13-11-16(12-14-24)21(25)23-19-9-5-6-10-20(19)26-2/h3-10,15-16H,11-14H2,1-2H3,(H,23,25)/t15-/m0/s1. The van der Waals surface area contributed by atoms with Crippen molar-refractivity contribution in [1.82, 2.24) is 4.90 Å². The molecule has 26 heavy (non-hydrogen) atoms. The highest BCUT2D eigenvalue weighted by Crippen LogP contribution is 2.29. The third-order valence-corrected chi connectivity index (χ3v) is 5.17. The highest BCUT2D eigenvalue weighted by atomic mass is 19.1. The van der Waals surface area contributed by atoms with E-state index in [4.69, 9.17) is 4.74 Å². The molecule has 0 spiro atoms. The van der Waals surface area contributed by atoms with Gasteiger partial charge < -0.3 is 10.1 Å². The second-order valence-corrected chi connectivity index (χ2v) is 6.70. The van der Waals surface area contributed by atoms with Gasteiger partial charge in [0, 0.05) is 17.5 Å². The number of likely N-dealkylation sites (tertiary alicyclic amines) is 1. The van der Waals surface area contributed by atoms with E-state index in [1.54, 1.807) is 13.2 Å². The van der Waals surface area contributed by atoms with Crippen molar-refractivity contribution in [3.63, 3.8) is 0 Å². The van der Waals surface area contributed by atoms with Crippen LogP contribution in [-0.4, -0.2) is 31.0 Å². The number of nitrogens with zero attached hydrogens (tertiary/aromatic N) is 1. The van der Waals surface area contributed by atoms with Crippen molar-refractivity contribution < 1.29 is 13.9 Å². The fourth-order valence-electron chi connectivity index (χ4n) is 3.54. The van der Waals surface area contributed by atoms with E-state index in [0.717, 1.165) is 25.9 Å².